The van der Waals surface area contributed by atoms with Crippen LogP contribution in [0.15, 0.2) is 46.2 Å². The van der Waals surface area contributed by atoms with Crippen molar-refractivity contribution in [2.75, 3.05) is 18.6 Å². The second-order valence-electron chi connectivity index (χ2n) is 7.37. The highest BCUT2D eigenvalue weighted by Gasteiger charge is 2.16. The topological polar surface area (TPSA) is 99.4 Å². The number of aromatic nitrogens is 3. The fraction of sp³-hybridized carbons (Fsp3) is 0.381. The Kier molecular flexibility index (Phi) is 7.04. The third-order valence-corrected chi connectivity index (χ3v) is 5.53. The SMILES string of the molecule is Cc1ccc(C(C)C)c(OCc2nnc(SCC(=O)N(C)Cc3ccco3)n2N)c1. The van der Waals surface area contributed by atoms with Crippen LogP contribution in [0.25, 0.3) is 0 Å². The van der Waals surface area contributed by atoms with Crippen molar-refractivity contribution in [1.29, 1.82) is 0 Å². The first kappa shape index (κ1) is 21.8. The summed E-state index contributed by atoms with van der Waals surface area (Å²) in [5.74, 6) is 8.64. The molecule has 3 aromatic rings. The summed E-state index contributed by atoms with van der Waals surface area (Å²) in [6.07, 6.45) is 1.59. The van der Waals surface area contributed by atoms with Gasteiger partial charge in [0.15, 0.2) is 5.82 Å². The predicted octanol–water partition coefficient (Wildman–Crippen LogP) is 3.35. The fourth-order valence-corrected chi connectivity index (χ4v) is 3.67. The molecule has 0 atom stereocenters. The van der Waals surface area contributed by atoms with Gasteiger partial charge in [-0.05, 0) is 42.2 Å². The minimum absolute atomic E-state index is 0.0569. The number of furan rings is 1. The van der Waals surface area contributed by atoms with Crippen LogP contribution in [0.2, 0.25) is 0 Å². The van der Waals surface area contributed by atoms with Crippen molar-refractivity contribution < 1.29 is 13.9 Å². The maximum Gasteiger partial charge on any atom is 0.233 e. The molecule has 2 heterocycles. The Morgan fingerprint density at radius 2 is 2.13 bits per heavy atom. The number of hydrogen-bond acceptors (Lipinski definition) is 7. The number of ether oxygens (including phenoxy) is 1. The van der Waals surface area contributed by atoms with Gasteiger partial charge in [0.1, 0.15) is 18.1 Å². The van der Waals surface area contributed by atoms with Crippen LogP contribution in [0.3, 0.4) is 0 Å². The van der Waals surface area contributed by atoms with E-state index >= 15 is 0 Å². The van der Waals surface area contributed by atoms with E-state index in [1.807, 2.05) is 19.1 Å². The molecule has 0 saturated heterocycles. The van der Waals surface area contributed by atoms with Crippen molar-refractivity contribution in [2.24, 2.45) is 0 Å². The summed E-state index contributed by atoms with van der Waals surface area (Å²) < 4.78 is 12.6. The summed E-state index contributed by atoms with van der Waals surface area (Å²) >= 11 is 1.24. The van der Waals surface area contributed by atoms with E-state index in [2.05, 4.69) is 36.2 Å². The summed E-state index contributed by atoms with van der Waals surface area (Å²) in [6, 6.07) is 9.79. The highest BCUT2D eigenvalue weighted by atomic mass is 32.2. The molecule has 2 N–H and O–H groups in total. The minimum Gasteiger partial charge on any atom is -0.485 e. The van der Waals surface area contributed by atoms with E-state index in [1.54, 1.807) is 24.3 Å². The Morgan fingerprint density at radius 1 is 1.33 bits per heavy atom. The number of nitrogens with zero attached hydrogens (tertiary/aromatic N) is 4. The summed E-state index contributed by atoms with van der Waals surface area (Å²) in [6.45, 7) is 6.88. The lowest BCUT2D eigenvalue weighted by Gasteiger charge is -2.15. The minimum atomic E-state index is -0.0569. The van der Waals surface area contributed by atoms with Crippen molar-refractivity contribution in [2.45, 2.75) is 45.0 Å². The summed E-state index contributed by atoms with van der Waals surface area (Å²) in [5, 5.41) is 8.67. The molecule has 3 rings (SSSR count). The monoisotopic (exact) mass is 429 g/mol. The third-order valence-electron chi connectivity index (χ3n) is 4.61. The molecule has 160 valence electrons. The van der Waals surface area contributed by atoms with Crippen LogP contribution in [-0.4, -0.2) is 38.5 Å². The molecule has 0 aliphatic carbocycles. The van der Waals surface area contributed by atoms with Crippen LogP contribution in [0, 0.1) is 6.92 Å². The number of hydrogen-bond donors (Lipinski definition) is 1. The van der Waals surface area contributed by atoms with Gasteiger partial charge in [-0.2, -0.15) is 0 Å². The molecule has 9 heteroatoms. The van der Waals surface area contributed by atoms with Crippen molar-refractivity contribution in [3.8, 4) is 5.75 Å². The number of aryl methyl sites for hydroxylation is 1. The average molecular weight is 430 g/mol. The van der Waals surface area contributed by atoms with Gasteiger partial charge >= 0.3 is 0 Å². The van der Waals surface area contributed by atoms with E-state index in [0.717, 1.165) is 22.6 Å². The van der Waals surface area contributed by atoms with Crippen molar-refractivity contribution in [1.82, 2.24) is 19.8 Å². The zero-order chi connectivity index (χ0) is 21.7. The largest absolute Gasteiger partial charge is 0.485 e. The van der Waals surface area contributed by atoms with Gasteiger partial charge in [-0.15, -0.1) is 10.2 Å². The Labute approximate surface area is 180 Å². The van der Waals surface area contributed by atoms with E-state index in [9.17, 15) is 4.79 Å². The van der Waals surface area contributed by atoms with Gasteiger partial charge in [0.25, 0.3) is 0 Å². The summed E-state index contributed by atoms with van der Waals surface area (Å²) in [4.78, 5) is 13.9. The first-order valence-corrected chi connectivity index (χ1v) is 10.7. The summed E-state index contributed by atoms with van der Waals surface area (Å²) in [7, 11) is 1.73. The van der Waals surface area contributed by atoms with Crippen molar-refractivity contribution in [3.63, 3.8) is 0 Å². The highest BCUT2D eigenvalue weighted by molar-refractivity contribution is 7.99. The number of nitrogen functional groups attached to an aromatic ring is 1. The first-order valence-electron chi connectivity index (χ1n) is 9.67. The van der Waals surface area contributed by atoms with Crippen molar-refractivity contribution in [3.05, 3.63) is 59.3 Å². The molecular formula is C21H27N5O3S. The van der Waals surface area contributed by atoms with E-state index in [4.69, 9.17) is 15.0 Å². The van der Waals surface area contributed by atoms with E-state index < -0.39 is 0 Å². The second-order valence-corrected chi connectivity index (χ2v) is 8.31. The maximum atomic E-state index is 12.3. The quantitative estimate of drug-likeness (QED) is 0.411. The molecule has 0 saturated carbocycles. The Bertz CT molecular complexity index is 985. The van der Waals surface area contributed by atoms with E-state index in [0.29, 0.717) is 23.4 Å². The lowest BCUT2D eigenvalue weighted by atomic mass is 10.0. The molecule has 0 aliphatic rings. The normalized spacial score (nSPS) is 11.1. The lowest BCUT2D eigenvalue weighted by molar-refractivity contribution is -0.127. The Hall–Kier alpha value is -2.94. The van der Waals surface area contributed by atoms with Gasteiger partial charge in [-0.3, -0.25) is 4.79 Å². The number of rotatable bonds is 9. The van der Waals surface area contributed by atoms with Crippen molar-refractivity contribution >= 4 is 17.7 Å². The molecule has 0 spiro atoms. The van der Waals surface area contributed by atoms with Crippen LogP contribution in [0.1, 0.15) is 42.5 Å². The highest BCUT2D eigenvalue weighted by Crippen LogP contribution is 2.28. The number of carbonyl (C=O) groups is 1. The predicted molar refractivity (Wildman–Crippen MR) is 116 cm³/mol. The molecule has 0 bridgehead atoms. The van der Waals surface area contributed by atoms with Crippen LogP contribution in [-0.2, 0) is 17.9 Å². The molecular weight excluding hydrogens is 402 g/mol. The van der Waals surface area contributed by atoms with Gasteiger partial charge in [0.05, 0.1) is 18.6 Å². The molecule has 1 aromatic carbocycles. The zero-order valence-electron chi connectivity index (χ0n) is 17.7. The molecule has 0 aliphatic heterocycles. The standard InChI is InChI=1S/C21H27N5O3S/c1-14(2)17-8-7-15(3)10-18(17)29-12-19-23-24-21(26(19)22)30-13-20(27)25(4)11-16-6-5-9-28-16/h5-10,14H,11-13,22H2,1-4H3. The smallest absolute Gasteiger partial charge is 0.233 e. The number of carbonyl (C=O) groups excluding carboxylic acids is 1. The molecule has 0 radical (unpaired) electrons. The Balaban J connectivity index is 1.57. The second kappa shape index (κ2) is 9.71. The van der Waals surface area contributed by atoms with Gasteiger partial charge in [-0.1, -0.05) is 37.7 Å². The fourth-order valence-electron chi connectivity index (χ4n) is 2.85. The van der Waals surface area contributed by atoms with Gasteiger partial charge in [-0.25, -0.2) is 4.68 Å². The number of benzene rings is 1. The molecule has 8 nitrogen and oxygen atoms in total. The maximum absolute atomic E-state index is 12.3. The number of nitrogens with two attached hydrogens (primary N) is 1. The number of thioether (sulfide) groups is 1. The molecule has 0 fully saturated rings. The molecule has 1 amide bonds. The Morgan fingerprint density at radius 3 is 2.83 bits per heavy atom. The molecule has 0 unspecified atom stereocenters. The van der Waals surface area contributed by atoms with Gasteiger partial charge < -0.3 is 19.9 Å². The van der Waals surface area contributed by atoms with Crippen LogP contribution in [0.5, 0.6) is 5.75 Å². The number of amides is 1. The third kappa shape index (κ3) is 5.35. The van der Waals surface area contributed by atoms with Gasteiger partial charge in [0, 0.05) is 7.05 Å². The van der Waals surface area contributed by atoms with Crippen LogP contribution < -0.4 is 10.6 Å². The molecule has 2 aromatic heterocycles. The zero-order valence-corrected chi connectivity index (χ0v) is 18.5. The average Bonchev–Trinajstić information content (AvgIpc) is 3.34. The first-order chi connectivity index (χ1) is 14.3. The van der Waals surface area contributed by atoms with Crippen LogP contribution >= 0.6 is 11.8 Å². The summed E-state index contributed by atoms with van der Waals surface area (Å²) in [5.41, 5.74) is 2.25. The van der Waals surface area contributed by atoms with E-state index in [-0.39, 0.29) is 18.3 Å². The lowest BCUT2D eigenvalue weighted by Crippen LogP contribution is -2.28. The van der Waals surface area contributed by atoms with E-state index in [1.165, 1.54) is 16.4 Å². The molecule has 30 heavy (non-hydrogen) atoms. The van der Waals surface area contributed by atoms with Gasteiger partial charge in [0.2, 0.25) is 11.1 Å². The van der Waals surface area contributed by atoms with Crippen LogP contribution in [0.4, 0.5) is 0 Å².